The van der Waals surface area contributed by atoms with Crippen molar-refractivity contribution in [2.24, 2.45) is 11.7 Å². The molecule has 0 aliphatic rings. The number of nitrogens with one attached hydrogen (secondary N) is 1. The third-order valence-electron chi connectivity index (χ3n) is 2.28. The van der Waals surface area contributed by atoms with Crippen molar-refractivity contribution in [1.82, 2.24) is 10.3 Å². The summed E-state index contributed by atoms with van der Waals surface area (Å²) in [5, 5.41) is 13.6. The quantitative estimate of drug-likeness (QED) is 0.716. The first-order chi connectivity index (χ1) is 8.40. The van der Waals surface area contributed by atoms with Crippen LogP contribution in [0.15, 0.2) is 5.38 Å². The topological polar surface area (TPSA) is 105 Å². The van der Waals surface area contributed by atoms with E-state index in [1.807, 2.05) is 0 Å². The molecule has 0 radical (unpaired) electrons. The molecule has 0 aliphatic heterocycles. The molecule has 6 nitrogen and oxygen atoms in total. The molecule has 1 aromatic rings. The van der Waals surface area contributed by atoms with Crippen molar-refractivity contribution in [2.45, 2.75) is 26.3 Å². The predicted molar refractivity (Wildman–Crippen MR) is 68.5 cm³/mol. The van der Waals surface area contributed by atoms with Crippen molar-refractivity contribution < 1.29 is 14.7 Å². The lowest BCUT2D eigenvalue weighted by atomic mass is 10.1. The highest BCUT2D eigenvalue weighted by Gasteiger charge is 2.14. The second-order valence-corrected chi connectivity index (χ2v) is 5.16. The molecule has 1 aromatic heterocycles. The summed E-state index contributed by atoms with van der Waals surface area (Å²) < 4.78 is 0. The summed E-state index contributed by atoms with van der Waals surface area (Å²) in [7, 11) is 0. The Morgan fingerprint density at radius 1 is 1.56 bits per heavy atom. The number of nitrogens with zero attached hydrogens (tertiary/aromatic N) is 1. The van der Waals surface area contributed by atoms with E-state index in [2.05, 4.69) is 10.3 Å². The summed E-state index contributed by atoms with van der Waals surface area (Å²) in [4.78, 5) is 26.3. The third-order valence-corrected chi connectivity index (χ3v) is 3.32. The molecule has 0 saturated carbocycles. The minimum absolute atomic E-state index is 0.0302. The van der Waals surface area contributed by atoms with Crippen molar-refractivity contribution in [3.05, 3.63) is 16.1 Å². The van der Waals surface area contributed by atoms with E-state index in [1.165, 1.54) is 11.3 Å². The number of carboxylic acids is 1. The summed E-state index contributed by atoms with van der Waals surface area (Å²) >= 11 is 1.34. The summed E-state index contributed by atoms with van der Waals surface area (Å²) in [6.07, 6.45) is 0.0302. The number of thiazole rings is 1. The highest BCUT2D eigenvalue weighted by atomic mass is 32.1. The van der Waals surface area contributed by atoms with Crippen molar-refractivity contribution >= 4 is 23.2 Å². The van der Waals surface area contributed by atoms with Crippen LogP contribution in [-0.4, -0.2) is 28.5 Å². The number of aromatic nitrogens is 1. The molecule has 2 unspecified atom stereocenters. The van der Waals surface area contributed by atoms with Crippen LogP contribution in [0, 0.1) is 5.92 Å². The van der Waals surface area contributed by atoms with E-state index in [-0.39, 0.29) is 24.3 Å². The van der Waals surface area contributed by atoms with Crippen LogP contribution in [0.25, 0.3) is 0 Å². The van der Waals surface area contributed by atoms with Gasteiger partial charge in [0.05, 0.1) is 6.04 Å². The average Bonchev–Trinajstić information content (AvgIpc) is 2.74. The molecule has 2 atom stereocenters. The van der Waals surface area contributed by atoms with Crippen LogP contribution in [0.4, 0.5) is 0 Å². The molecule has 100 valence electrons. The molecule has 1 amide bonds. The molecular formula is C11H17N3O3S. The van der Waals surface area contributed by atoms with E-state index in [4.69, 9.17) is 10.8 Å². The van der Waals surface area contributed by atoms with Gasteiger partial charge in [-0.15, -0.1) is 11.3 Å². The van der Waals surface area contributed by atoms with Gasteiger partial charge in [-0.25, -0.2) is 4.98 Å². The summed E-state index contributed by atoms with van der Waals surface area (Å²) in [5.41, 5.74) is 5.98. The van der Waals surface area contributed by atoms with Gasteiger partial charge < -0.3 is 16.2 Å². The molecule has 0 saturated heterocycles. The van der Waals surface area contributed by atoms with Crippen LogP contribution in [0.2, 0.25) is 0 Å². The summed E-state index contributed by atoms with van der Waals surface area (Å²) in [6, 6.07) is -0.192. The Bertz CT molecular complexity index is 431. The van der Waals surface area contributed by atoms with Crippen molar-refractivity contribution in [3.63, 3.8) is 0 Å². The molecule has 0 aromatic carbocycles. The maximum atomic E-state index is 11.7. The van der Waals surface area contributed by atoms with Gasteiger partial charge in [-0.1, -0.05) is 6.92 Å². The van der Waals surface area contributed by atoms with Crippen LogP contribution in [-0.2, 0) is 4.79 Å². The number of hydrogen-bond acceptors (Lipinski definition) is 5. The lowest BCUT2D eigenvalue weighted by Crippen LogP contribution is -2.29. The molecule has 18 heavy (non-hydrogen) atoms. The molecule has 1 heterocycles. The fourth-order valence-corrected chi connectivity index (χ4v) is 2.09. The summed E-state index contributed by atoms with van der Waals surface area (Å²) in [6.45, 7) is 3.88. The van der Waals surface area contributed by atoms with Crippen LogP contribution in [0.1, 0.15) is 41.8 Å². The standard InChI is InChI=1S/C11H17N3O3S/c1-6(3-9(15)16)4-13-10(17)8-5-18-11(14-8)7(2)12/h5-7H,3-4,12H2,1-2H3,(H,13,17)(H,15,16). The number of rotatable bonds is 6. The largest absolute Gasteiger partial charge is 0.481 e. The van der Waals surface area contributed by atoms with Gasteiger partial charge in [0.2, 0.25) is 0 Å². The van der Waals surface area contributed by atoms with Crippen molar-refractivity contribution in [3.8, 4) is 0 Å². The van der Waals surface area contributed by atoms with Gasteiger partial charge in [0.25, 0.3) is 5.91 Å². The first kappa shape index (κ1) is 14.6. The van der Waals surface area contributed by atoms with Crippen molar-refractivity contribution in [1.29, 1.82) is 0 Å². The van der Waals surface area contributed by atoms with Crippen LogP contribution in [0.5, 0.6) is 0 Å². The fraction of sp³-hybridized carbons (Fsp3) is 0.545. The average molecular weight is 271 g/mol. The zero-order chi connectivity index (χ0) is 13.7. The molecule has 0 spiro atoms. The zero-order valence-corrected chi connectivity index (χ0v) is 11.2. The predicted octanol–water partition coefficient (Wildman–Crippen LogP) is 1.00. The van der Waals surface area contributed by atoms with Crippen molar-refractivity contribution in [2.75, 3.05) is 6.54 Å². The van der Waals surface area contributed by atoms with Gasteiger partial charge in [-0.3, -0.25) is 9.59 Å². The first-order valence-electron chi connectivity index (χ1n) is 5.61. The number of carbonyl (C=O) groups excluding carboxylic acids is 1. The zero-order valence-electron chi connectivity index (χ0n) is 10.3. The third kappa shape index (κ3) is 4.42. The van der Waals surface area contributed by atoms with E-state index in [1.54, 1.807) is 19.2 Å². The van der Waals surface area contributed by atoms with Crippen LogP contribution < -0.4 is 11.1 Å². The monoisotopic (exact) mass is 271 g/mol. The minimum Gasteiger partial charge on any atom is -0.481 e. The lowest BCUT2D eigenvalue weighted by molar-refractivity contribution is -0.137. The van der Waals surface area contributed by atoms with Gasteiger partial charge in [0.1, 0.15) is 10.7 Å². The highest BCUT2D eigenvalue weighted by molar-refractivity contribution is 7.09. The fourth-order valence-electron chi connectivity index (χ4n) is 1.33. The molecular weight excluding hydrogens is 254 g/mol. The van der Waals surface area contributed by atoms with E-state index < -0.39 is 5.97 Å². The maximum absolute atomic E-state index is 11.7. The van der Waals surface area contributed by atoms with E-state index in [9.17, 15) is 9.59 Å². The number of hydrogen-bond donors (Lipinski definition) is 3. The van der Waals surface area contributed by atoms with Crippen LogP contribution >= 0.6 is 11.3 Å². The minimum atomic E-state index is -0.871. The molecule has 0 bridgehead atoms. The van der Waals surface area contributed by atoms with Gasteiger partial charge in [-0.05, 0) is 12.8 Å². The number of amides is 1. The van der Waals surface area contributed by atoms with Gasteiger partial charge in [0, 0.05) is 18.3 Å². The Kier molecular flexibility index (Phi) is 5.24. The number of nitrogens with two attached hydrogens (primary N) is 1. The van der Waals surface area contributed by atoms with Gasteiger partial charge in [0.15, 0.2) is 0 Å². The molecule has 4 N–H and O–H groups in total. The number of carboxylic acid groups (broad SMARTS) is 1. The number of carbonyl (C=O) groups is 2. The Labute approximate surface area is 109 Å². The Hall–Kier alpha value is -1.47. The first-order valence-corrected chi connectivity index (χ1v) is 6.49. The van der Waals surface area contributed by atoms with E-state index in [0.29, 0.717) is 17.2 Å². The molecule has 0 fully saturated rings. The molecule has 1 rings (SSSR count). The Balaban J connectivity index is 2.47. The smallest absolute Gasteiger partial charge is 0.303 e. The number of aliphatic carboxylic acids is 1. The van der Waals surface area contributed by atoms with Crippen LogP contribution in [0.3, 0.4) is 0 Å². The second-order valence-electron chi connectivity index (χ2n) is 4.27. The van der Waals surface area contributed by atoms with E-state index in [0.717, 1.165) is 0 Å². The SMILES string of the molecule is CC(CNC(=O)c1csc(C(C)N)n1)CC(=O)O. The normalized spacial score (nSPS) is 13.9. The maximum Gasteiger partial charge on any atom is 0.303 e. The summed E-state index contributed by atoms with van der Waals surface area (Å²) in [5.74, 6) is -1.28. The van der Waals surface area contributed by atoms with E-state index >= 15 is 0 Å². The molecule has 0 aliphatic carbocycles. The Morgan fingerprint density at radius 3 is 2.72 bits per heavy atom. The second kappa shape index (κ2) is 6.46. The van der Waals surface area contributed by atoms with Gasteiger partial charge >= 0.3 is 5.97 Å². The lowest BCUT2D eigenvalue weighted by Gasteiger charge is -2.09. The Morgan fingerprint density at radius 2 is 2.22 bits per heavy atom. The molecule has 7 heteroatoms. The highest BCUT2D eigenvalue weighted by Crippen LogP contribution is 2.15. The van der Waals surface area contributed by atoms with Gasteiger partial charge in [-0.2, -0.15) is 0 Å².